The number of carbonyl (C=O) groups excluding carboxylic acids is 2. The van der Waals surface area contributed by atoms with E-state index in [1.807, 2.05) is 6.92 Å². The van der Waals surface area contributed by atoms with Gasteiger partial charge in [-0.2, -0.15) is 0 Å². The van der Waals surface area contributed by atoms with Crippen molar-refractivity contribution in [2.45, 2.75) is 45.7 Å². The third-order valence-electron chi connectivity index (χ3n) is 2.74. The maximum Gasteiger partial charge on any atom is 0.322 e. The Labute approximate surface area is 110 Å². The van der Waals surface area contributed by atoms with Crippen LogP contribution in [0.5, 0.6) is 0 Å². The first-order valence-electron chi connectivity index (χ1n) is 6.38. The molecule has 0 fully saturated rings. The van der Waals surface area contributed by atoms with Crippen LogP contribution >= 0.6 is 0 Å². The minimum Gasteiger partial charge on any atom is -0.468 e. The van der Waals surface area contributed by atoms with Crippen molar-refractivity contribution in [3.63, 3.8) is 0 Å². The lowest BCUT2D eigenvalue weighted by atomic mass is 10.0. The summed E-state index contributed by atoms with van der Waals surface area (Å²) in [4.78, 5) is 25.1. The lowest BCUT2D eigenvalue weighted by Crippen LogP contribution is -2.51. The predicted molar refractivity (Wildman–Crippen MR) is 71.2 cm³/mol. The molecular formula is C13H26N2O3. The number of hydrogen-bond acceptors (Lipinski definition) is 4. The van der Waals surface area contributed by atoms with E-state index < -0.39 is 6.04 Å². The number of likely N-dealkylation sites (N-methyl/N-ethyl adjacent to an activating group) is 1. The Morgan fingerprint density at radius 1 is 1.22 bits per heavy atom. The third-order valence-corrected chi connectivity index (χ3v) is 2.74. The molecule has 0 aliphatic rings. The largest absolute Gasteiger partial charge is 0.468 e. The number of methoxy groups -OCH3 is 1. The lowest BCUT2D eigenvalue weighted by Gasteiger charge is -2.26. The van der Waals surface area contributed by atoms with Crippen molar-refractivity contribution >= 4 is 11.9 Å². The molecule has 0 saturated heterocycles. The summed E-state index contributed by atoms with van der Waals surface area (Å²) in [5, 5.41) is 3.10. The van der Waals surface area contributed by atoms with Gasteiger partial charge in [0, 0.05) is 14.1 Å². The zero-order valence-corrected chi connectivity index (χ0v) is 12.3. The van der Waals surface area contributed by atoms with Crippen molar-refractivity contribution < 1.29 is 14.3 Å². The van der Waals surface area contributed by atoms with Crippen LogP contribution in [0.25, 0.3) is 0 Å². The van der Waals surface area contributed by atoms with E-state index in [0.717, 1.165) is 0 Å². The van der Waals surface area contributed by atoms with Gasteiger partial charge >= 0.3 is 5.97 Å². The van der Waals surface area contributed by atoms with E-state index in [1.165, 1.54) is 7.11 Å². The summed E-state index contributed by atoms with van der Waals surface area (Å²) in [5.74, 6) is 0.0467. The van der Waals surface area contributed by atoms with E-state index in [-0.39, 0.29) is 17.9 Å². The molecule has 1 N–H and O–H groups in total. The third kappa shape index (κ3) is 5.49. The standard InChI is InChI=1S/C13H26N2O3/c1-7-10(13(17)18-6)14-11(8-9(2)3)12(16)15(4)5/h9-11,14H,7-8H2,1-6H3. The molecule has 5 nitrogen and oxygen atoms in total. The summed E-state index contributed by atoms with van der Waals surface area (Å²) in [7, 11) is 4.80. The van der Waals surface area contributed by atoms with Gasteiger partial charge in [0.1, 0.15) is 6.04 Å². The molecule has 0 aliphatic heterocycles. The van der Waals surface area contributed by atoms with E-state index in [4.69, 9.17) is 4.74 Å². The van der Waals surface area contributed by atoms with E-state index in [2.05, 4.69) is 19.2 Å². The Bertz CT molecular complexity index is 277. The van der Waals surface area contributed by atoms with Gasteiger partial charge < -0.3 is 9.64 Å². The molecule has 1 amide bonds. The van der Waals surface area contributed by atoms with Crippen molar-refractivity contribution in [2.75, 3.05) is 21.2 Å². The monoisotopic (exact) mass is 258 g/mol. The predicted octanol–water partition coefficient (Wildman–Crippen LogP) is 1.03. The smallest absolute Gasteiger partial charge is 0.322 e. The van der Waals surface area contributed by atoms with Crippen LogP contribution in [0, 0.1) is 5.92 Å². The summed E-state index contributed by atoms with van der Waals surface area (Å²) in [6, 6.07) is -0.772. The number of carbonyl (C=O) groups is 2. The van der Waals surface area contributed by atoms with Gasteiger partial charge in [-0.1, -0.05) is 20.8 Å². The SMILES string of the molecule is CCC(NC(CC(C)C)C(=O)N(C)C)C(=O)OC. The zero-order valence-electron chi connectivity index (χ0n) is 12.3. The van der Waals surface area contributed by atoms with Gasteiger partial charge in [0.25, 0.3) is 0 Å². The van der Waals surface area contributed by atoms with Gasteiger partial charge in [-0.25, -0.2) is 0 Å². The first kappa shape index (κ1) is 16.9. The van der Waals surface area contributed by atoms with Gasteiger partial charge in [0.05, 0.1) is 13.2 Å². The van der Waals surface area contributed by atoms with Crippen LogP contribution in [-0.4, -0.2) is 50.1 Å². The van der Waals surface area contributed by atoms with Crippen LogP contribution in [0.15, 0.2) is 0 Å². The Kier molecular flexibility index (Phi) is 7.59. The van der Waals surface area contributed by atoms with Crippen LogP contribution in [0.1, 0.15) is 33.6 Å². The number of rotatable bonds is 7. The van der Waals surface area contributed by atoms with Gasteiger partial charge in [-0.05, 0) is 18.8 Å². The second kappa shape index (κ2) is 8.08. The van der Waals surface area contributed by atoms with Gasteiger partial charge in [-0.15, -0.1) is 0 Å². The van der Waals surface area contributed by atoms with Gasteiger partial charge in [-0.3, -0.25) is 14.9 Å². The summed E-state index contributed by atoms with van der Waals surface area (Å²) < 4.78 is 4.72. The molecule has 0 aromatic heterocycles. The van der Waals surface area contributed by atoms with Crippen LogP contribution in [0.4, 0.5) is 0 Å². The number of esters is 1. The maximum absolute atomic E-state index is 12.1. The fourth-order valence-corrected chi connectivity index (χ4v) is 1.76. The highest BCUT2D eigenvalue weighted by Gasteiger charge is 2.27. The average molecular weight is 258 g/mol. The molecule has 18 heavy (non-hydrogen) atoms. The zero-order chi connectivity index (χ0) is 14.3. The van der Waals surface area contributed by atoms with Crippen LogP contribution in [0.2, 0.25) is 0 Å². The van der Waals surface area contributed by atoms with E-state index >= 15 is 0 Å². The number of nitrogens with one attached hydrogen (secondary N) is 1. The normalized spacial score (nSPS) is 14.2. The number of nitrogens with zero attached hydrogens (tertiary/aromatic N) is 1. The molecule has 5 heteroatoms. The lowest BCUT2D eigenvalue weighted by molar-refractivity contribution is -0.144. The molecule has 2 atom stereocenters. The van der Waals surface area contributed by atoms with Crippen molar-refractivity contribution in [1.29, 1.82) is 0 Å². The average Bonchev–Trinajstić information content (AvgIpc) is 2.31. The number of hydrogen-bond donors (Lipinski definition) is 1. The summed E-state index contributed by atoms with van der Waals surface area (Å²) in [6.45, 7) is 5.99. The molecule has 0 heterocycles. The first-order chi connectivity index (χ1) is 8.33. The van der Waals surface area contributed by atoms with E-state index in [0.29, 0.717) is 18.8 Å². The summed E-state index contributed by atoms with van der Waals surface area (Å²) in [5.41, 5.74) is 0. The second-order valence-corrected chi connectivity index (χ2v) is 5.07. The van der Waals surface area contributed by atoms with Crippen LogP contribution < -0.4 is 5.32 Å². The maximum atomic E-state index is 12.1. The molecule has 0 radical (unpaired) electrons. The molecule has 2 unspecified atom stereocenters. The van der Waals surface area contributed by atoms with E-state index in [9.17, 15) is 9.59 Å². The van der Waals surface area contributed by atoms with Crippen molar-refractivity contribution in [3.05, 3.63) is 0 Å². The summed E-state index contributed by atoms with van der Waals surface area (Å²) in [6.07, 6.45) is 1.30. The van der Waals surface area contributed by atoms with Crippen molar-refractivity contribution in [2.24, 2.45) is 5.92 Å². The molecule has 0 bridgehead atoms. The Balaban J connectivity index is 4.75. The fraction of sp³-hybridized carbons (Fsp3) is 0.846. The van der Waals surface area contributed by atoms with E-state index in [1.54, 1.807) is 19.0 Å². The minimum atomic E-state index is -0.428. The molecule has 0 spiro atoms. The topological polar surface area (TPSA) is 58.6 Å². The van der Waals surface area contributed by atoms with Crippen LogP contribution in [-0.2, 0) is 14.3 Å². The van der Waals surface area contributed by atoms with Crippen molar-refractivity contribution in [3.8, 4) is 0 Å². The molecule has 106 valence electrons. The van der Waals surface area contributed by atoms with Crippen molar-refractivity contribution in [1.82, 2.24) is 10.2 Å². The number of ether oxygens (including phenoxy) is 1. The highest BCUT2D eigenvalue weighted by Crippen LogP contribution is 2.09. The minimum absolute atomic E-state index is 0.00828. The van der Waals surface area contributed by atoms with Crippen LogP contribution in [0.3, 0.4) is 0 Å². The van der Waals surface area contributed by atoms with Gasteiger partial charge in [0.2, 0.25) is 5.91 Å². The molecule has 0 rings (SSSR count). The Morgan fingerprint density at radius 2 is 1.78 bits per heavy atom. The Hall–Kier alpha value is -1.10. The first-order valence-corrected chi connectivity index (χ1v) is 6.38. The molecular weight excluding hydrogens is 232 g/mol. The van der Waals surface area contributed by atoms with Gasteiger partial charge in [0.15, 0.2) is 0 Å². The highest BCUT2D eigenvalue weighted by molar-refractivity contribution is 5.83. The quantitative estimate of drug-likeness (QED) is 0.693. The number of amides is 1. The molecule has 0 aromatic carbocycles. The molecule has 0 aliphatic carbocycles. The fourth-order valence-electron chi connectivity index (χ4n) is 1.76. The Morgan fingerprint density at radius 3 is 2.11 bits per heavy atom. The summed E-state index contributed by atoms with van der Waals surface area (Å²) >= 11 is 0. The molecule has 0 aromatic rings. The second-order valence-electron chi connectivity index (χ2n) is 5.07. The molecule has 0 saturated carbocycles. The highest BCUT2D eigenvalue weighted by atomic mass is 16.5.